The highest BCUT2D eigenvalue weighted by atomic mass is 16.5. The third kappa shape index (κ3) is 4.59. The monoisotopic (exact) mass is 383 g/mol. The molecule has 0 saturated carbocycles. The molecule has 28 heavy (non-hydrogen) atoms. The van der Waals surface area contributed by atoms with Crippen molar-refractivity contribution in [2.45, 2.75) is 26.7 Å². The van der Waals surface area contributed by atoms with Crippen LogP contribution in [0.4, 0.5) is 11.9 Å². The Morgan fingerprint density at radius 3 is 1.89 bits per heavy atom. The van der Waals surface area contributed by atoms with Crippen LogP contribution in [0.1, 0.15) is 32.5 Å². The Labute approximate surface area is 166 Å². The van der Waals surface area contributed by atoms with Crippen LogP contribution in [-0.4, -0.2) is 67.6 Å². The van der Waals surface area contributed by atoms with Gasteiger partial charge in [-0.05, 0) is 32.3 Å². The summed E-state index contributed by atoms with van der Waals surface area (Å²) in [7, 11) is 0. The maximum absolute atomic E-state index is 5.50. The molecule has 0 N–H and O–H groups in total. The van der Waals surface area contributed by atoms with Crippen LogP contribution in [0.3, 0.4) is 0 Å². The summed E-state index contributed by atoms with van der Waals surface area (Å²) in [6.07, 6.45) is 8.52. The predicted molar refractivity (Wildman–Crippen MR) is 111 cm³/mol. The van der Waals surface area contributed by atoms with E-state index in [1.54, 1.807) is 0 Å². The van der Waals surface area contributed by atoms with Gasteiger partial charge in [-0.1, -0.05) is 29.4 Å². The minimum Gasteiger partial charge on any atom is -0.378 e. The Bertz CT molecular complexity index is 754. The zero-order chi connectivity index (χ0) is 19.3. The summed E-state index contributed by atoms with van der Waals surface area (Å²) in [4.78, 5) is 19.0. The van der Waals surface area contributed by atoms with Gasteiger partial charge in [0.05, 0.1) is 26.4 Å². The fourth-order valence-corrected chi connectivity index (χ4v) is 3.65. The fourth-order valence-electron chi connectivity index (χ4n) is 3.65. The molecule has 2 fully saturated rings. The number of allylic oxidation sites excluding steroid dienone is 6. The number of rotatable bonds is 3. The van der Waals surface area contributed by atoms with Gasteiger partial charge in [-0.2, -0.15) is 15.0 Å². The molecular formula is C21H29N5O2. The summed E-state index contributed by atoms with van der Waals surface area (Å²) in [5, 5.41) is 0. The molecule has 1 aliphatic carbocycles. The third-order valence-electron chi connectivity index (χ3n) is 5.30. The summed E-state index contributed by atoms with van der Waals surface area (Å²) in [6, 6.07) is 0. The van der Waals surface area contributed by atoms with E-state index in [0.29, 0.717) is 26.4 Å². The Kier molecular flexibility index (Phi) is 6.02. The molecule has 0 bridgehead atoms. The molecule has 150 valence electrons. The summed E-state index contributed by atoms with van der Waals surface area (Å²) >= 11 is 0. The lowest BCUT2D eigenvalue weighted by atomic mass is 10.00. The quantitative estimate of drug-likeness (QED) is 0.795. The lowest BCUT2D eigenvalue weighted by Crippen LogP contribution is -2.40. The van der Waals surface area contributed by atoms with Gasteiger partial charge in [-0.15, -0.1) is 0 Å². The average molecular weight is 383 g/mol. The summed E-state index contributed by atoms with van der Waals surface area (Å²) in [6.45, 7) is 10.4. The lowest BCUT2D eigenvalue weighted by Gasteiger charge is -2.30. The molecule has 3 aliphatic rings. The first-order valence-corrected chi connectivity index (χ1v) is 10.2. The summed E-state index contributed by atoms with van der Waals surface area (Å²) < 4.78 is 11.0. The van der Waals surface area contributed by atoms with Crippen molar-refractivity contribution in [2.24, 2.45) is 0 Å². The molecular weight excluding hydrogens is 354 g/mol. The van der Waals surface area contributed by atoms with Crippen molar-refractivity contribution in [2.75, 3.05) is 62.4 Å². The predicted octanol–water partition coefficient (Wildman–Crippen LogP) is 2.61. The molecule has 1 aromatic rings. The molecule has 4 rings (SSSR count). The SMILES string of the molecule is CC1=CC=C(c2nc(N3CCOCC3)nc(N3CCOCC3)n2)CCC(C)=C1. The Balaban J connectivity index is 1.70. The van der Waals surface area contributed by atoms with Crippen LogP contribution in [0.5, 0.6) is 0 Å². The molecule has 7 nitrogen and oxygen atoms in total. The van der Waals surface area contributed by atoms with Gasteiger partial charge in [0, 0.05) is 26.2 Å². The smallest absolute Gasteiger partial charge is 0.230 e. The van der Waals surface area contributed by atoms with E-state index < -0.39 is 0 Å². The van der Waals surface area contributed by atoms with Gasteiger partial charge in [-0.3, -0.25) is 0 Å². The average Bonchev–Trinajstić information content (AvgIpc) is 2.73. The first-order valence-electron chi connectivity index (χ1n) is 10.2. The van der Waals surface area contributed by atoms with E-state index in [4.69, 9.17) is 24.4 Å². The Morgan fingerprint density at radius 2 is 1.32 bits per heavy atom. The van der Waals surface area contributed by atoms with E-state index in [1.807, 2.05) is 0 Å². The molecule has 0 unspecified atom stereocenters. The molecule has 2 aliphatic heterocycles. The first-order chi connectivity index (χ1) is 13.7. The molecule has 2 saturated heterocycles. The Hall–Kier alpha value is -2.25. The van der Waals surface area contributed by atoms with E-state index in [9.17, 15) is 0 Å². The van der Waals surface area contributed by atoms with Gasteiger partial charge < -0.3 is 19.3 Å². The van der Waals surface area contributed by atoms with Crippen molar-refractivity contribution < 1.29 is 9.47 Å². The van der Waals surface area contributed by atoms with Crippen molar-refractivity contribution in [3.8, 4) is 0 Å². The maximum atomic E-state index is 5.50. The lowest BCUT2D eigenvalue weighted by molar-refractivity contribution is 0.121. The fraction of sp³-hybridized carbons (Fsp3) is 0.571. The first kappa shape index (κ1) is 19.1. The number of anilines is 2. The second-order valence-electron chi connectivity index (χ2n) is 7.55. The molecule has 3 heterocycles. The van der Waals surface area contributed by atoms with E-state index >= 15 is 0 Å². The highest BCUT2D eigenvalue weighted by Crippen LogP contribution is 2.26. The highest BCUT2D eigenvalue weighted by Gasteiger charge is 2.21. The molecule has 0 atom stereocenters. The van der Waals surface area contributed by atoms with Crippen molar-refractivity contribution >= 4 is 17.5 Å². The zero-order valence-electron chi connectivity index (χ0n) is 16.9. The number of morpholine rings is 2. The standard InChI is InChI=1S/C21H29N5O2/c1-16-3-5-18(6-4-17(2)15-16)19-22-20(25-7-11-27-12-8-25)24-21(23-19)26-9-13-28-14-10-26/h3,5,15H,4,6-14H2,1-2H3. The van der Waals surface area contributed by atoms with Crippen molar-refractivity contribution in [3.63, 3.8) is 0 Å². The number of ether oxygens (including phenoxy) is 2. The zero-order valence-corrected chi connectivity index (χ0v) is 16.9. The molecule has 0 amide bonds. The van der Waals surface area contributed by atoms with Gasteiger partial charge >= 0.3 is 0 Å². The van der Waals surface area contributed by atoms with Crippen LogP contribution in [0.15, 0.2) is 29.4 Å². The second kappa shape index (κ2) is 8.84. The minimum absolute atomic E-state index is 0.711. The van der Waals surface area contributed by atoms with Crippen LogP contribution >= 0.6 is 0 Å². The second-order valence-corrected chi connectivity index (χ2v) is 7.55. The van der Waals surface area contributed by atoms with Crippen LogP contribution in [0.2, 0.25) is 0 Å². The van der Waals surface area contributed by atoms with Crippen LogP contribution in [0, 0.1) is 0 Å². The third-order valence-corrected chi connectivity index (χ3v) is 5.30. The number of nitrogens with zero attached hydrogens (tertiary/aromatic N) is 5. The number of aromatic nitrogens is 3. The molecule has 0 spiro atoms. The van der Waals surface area contributed by atoms with Crippen LogP contribution in [0.25, 0.3) is 5.57 Å². The van der Waals surface area contributed by atoms with Crippen LogP contribution < -0.4 is 9.80 Å². The molecule has 7 heteroatoms. The van der Waals surface area contributed by atoms with Crippen molar-refractivity contribution in [1.82, 2.24) is 15.0 Å². The maximum Gasteiger partial charge on any atom is 0.230 e. The van der Waals surface area contributed by atoms with E-state index in [1.165, 1.54) is 16.7 Å². The molecule has 1 aromatic heterocycles. The summed E-state index contributed by atoms with van der Waals surface area (Å²) in [5.74, 6) is 2.30. The van der Waals surface area contributed by atoms with Crippen LogP contribution in [-0.2, 0) is 9.47 Å². The minimum atomic E-state index is 0.711. The van der Waals surface area contributed by atoms with E-state index in [2.05, 4.69) is 41.9 Å². The van der Waals surface area contributed by atoms with Gasteiger partial charge in [-0.25, -0.2) is 0 Å². The Morgan fingerprint density at radius 1 is 0.750 bits per heavy atom. The highest BCUT2D eigenvalue weighted by molar-refractivity contribution is 5.65. The number of hydrogen-bond donors (Lipinski definition) is 0. The normalized spacial score (nSPS) is 21.4. The van der Waals surface area contributed by atoms with Gasteiger partial charge in [0.1, 0.15) is 0 Å². The number of hydrogen-bond acceptors (Lipinski definition) is 7. The molecule has 0 radical (unpaired) electrons. The largest absolute Gasteiger partial charge is 0.378 e. The molecule has 0 aromatic carbocycles. The van der Waals surface area contributed by atoms with Gasteiger partial charge in [0.15, 0.2) is 5.82 Å². The van der Waals surface area contributed by atoms with Crippen molar-refractivity contribution in [3.05, 3.63) is 35.2 Å². The van der Waals surface area contributed by atoms with Crippen molar-refractivity contribution in [1.29, 1.82) is 0 Å². The topological polar surface area (TPSA) is 63.6 Å². The van der Waals surface area contributed by atoms with Gasteiger partial charge in [0.25, 0.3) is 0 Å². The van der Waals surface area contributed by atoms with E-state index in [0.717, 1.165) is 56.7 Å². The van der Waals surface area contributed by atoms with Gasteiger partial charge in [0.2, 0.25) is 11.9 Å². The summed E-state index contributed by atoms with van der Waals surface area (Å²) in [5.41, 5.74) is 3.80. The van der Waals surface area contributed by atoms with E-state index in [-0.39, 0.29) is 0 Å².